The molecule has 1 aromatic rings. The summed E-state index contributed by atoms with van der Waals surface area (Å²) in [7, 11) is 1.59. The molecular weight excluding hydrogens is 266 g/mol. The van der Waals surface area contributed by atoms with Gasteiger partial charge in [0, 0.05) is 13.6 Å². The van der Waals surface area contributed by atoms with E-state index in [0.29, 0.717) is 13.1 Å². The zero-order valence-electron chi connectivity index (χ0n) is 10.9. The smallest absolute Gasteiger partial charge is 0.287 e. The van der Waals surface area contributed by atoms with Crippen LogP contribution in [-0.2, 0) is 16.1 Å². The van der Waals surface area contributed by atoms with Gasteiger partial charge in [-0.1, -0.05) is 5.21 Å². The van der Waals surface area contributed by atoms with Crippen LogP contribution < -0.4 is 11.3 Å². The molecule has 10 nitrogen and oxygen atoms in total. The van der Waals surface area contributed by atoms with E-state index in [1.807, 2.05) is 5.43 Å². The molecule has 3 N–H and O–H groups in total. The standard InChI is InChI=1S/C10H15N7O3/c1-15-5-9(19)16(6-8(15)18)2-3-17-4-7(13-14-17)10(20)12-11/h4H,2-3,5-6,11H2,1H3,(H,12,20). The largest absolute Gasteiger partial charge is 0.335 e. The first kappa shape index (κ1) is 13.9. The van der Waals surface area contributed by atoms with Gasteiger partial charge in [0.25, 0.3) is 5.91 Å². The van der Waals surface area contributed by atoms with Crippen molar-refractivity contribution in [2.45, 2.75) is 6.54 Å². The molecule has 0 atom stereocenters. The number of rotatable bonds is 4. The molecule has 1 fully saturated rings. The maximum atomic E-state index is 11.7. The fourth-order valence-corrected chi connectivity index (χ4v) is 1.78. The summed E-state index contributed by atoms with van der Waals surface area (Å²) in [6, 6.07) is 0. The first-order valence-corrected chi connectivity index (χ1v) is 5.94. The van der Waals surface area contributed by atoms with Crippen molar-refractivity contribution < 1.29 is 14.4 Å². The number of aromatic nitrogens is 3. The van der Waals surface area contributed by atoms with Gasteiger partial charge in [0.05, 0.1) is 25.8 Å². The second-order valence-electron chi connectivity index (χ2n) is 4.41. The Morgan fingerprint density at radius 2 is 2.10 bits per heavy atom. The Hall–Kier alpha value is -2.49. The van der Waals surface area contributed by atoms with Crippen LogP contribution in [0.15, 0.2) is 6.20 Å². The zero-order valence-corrected chi connectivity index (χ0v) is 10.9. The van der Waals surface area contributed by atoms with E-state index in [4.69, 9.17) is 5.84 Å². The minimum atomic E-state index is -0.540. The van der Waals surface area contributed by atoms with Crippen molar-refractivity contribution in [2.75, 3.05) is 26.7 Å². The van der Waals surface area contributed by atoms with Gasteiger partial charge in [-0.15, -0.1) is 5.10 Å². The molecular formula is C10H15N7O3. The van der Waals surface area contributed by atoms with Crippen LogP contribution in [0, 0.1) is 0 Å². The van der Waals surface area contributed by atoms with Crippen molar-refractivity contribution in [2.24, 2.45) is 5.84 Å². The van der Waals surface area contributed by atoms with Crippen molar-refractivity contribution in [1.29, 1.82) is 0 Å². The molecule has 0 saturated carbocycles. The summed E-state index contributed by atoms with van der Waals surface area (Å²) >= 11 is 0. The molecule has 0 spiro atoms. The van der Waals surface area contributed by atoms with Crippen LogP contribution in [0.1, 0.15) is 10.5 Å². The van der Waals surface area contributed by atoms with E-state index in [1.165, 1.54) is 20.7 Å². The lowest BCUT2D eigenvalue weighted by Gasteiger charge is -2.31. The van der Waals surface area contributed by atoms with E-state index in [0.717, 1.165) is 0 Å². The fraction of sp³-hybridized carbons (Fsp3) is 0.500. The molecule has 10 heteroatoms. The normalized spacial score (nSPS) is 15.7. The summed E-state index contributed by atoms with van der Waals surface area (Å²) in [5.41, 5.74) is 2.04. The number of amides is 3. The number of carbonyl (C=O) groups is 3. The van der Waals surface area contributed by atoms with Crippen molar-refractivity contribution in [3.05, 3.63) is 11.9 Å². The number of hydrogen-bond donors (Lipinski definition) is 2. The number of nitrogen functional groups attached to an aromatic ring is 1. The highest BCUT2D eigenvalue weighted by molar-refractivity contribution is 5.92. The molecule has 1 aliphatic rings. The lowest BCUT2D eigenvalue weighted by molar-refractivity contribution is -0.148. The van der Waals surface area contributed by atoms with Crippen molar-refractivity contribution in [3.8, 4) is 0 Å². The van der Waals surface area contributed by atoms with Crippen molar-refractivity contribution in [1.82, 2.24) is 30.2 Å². The van der Waals surface area contributed by atoms with Crippen LogP contribution in [0.4, 0.5) is 0 Å². The molecule has 1 saturated heterocycles. The van der Waals surface area contributed by atoms with Crippen LogP contribution in [0.3, 0.4) is 0 Å². The second kappa shape index (κ2) is 5.65. The molecule has 0 radical (unpaired) electrons. The first-order valence-electron chi connectivity index (χ1n) is 5.94. The van der Waals surface area contributed by atoms with Crippen LogP contribution in [0.5, 0.6) is 0 Å². The van der Waals surface area contributed by atoms with Crippen LogP contribution in [-0.4, -0.2) is 69.2 Å². The highest BCUT2D eigenvalue weighted by Crippen LogP contribution is 2.03. The number of nitrogens with one attached hydrogen (secondary N) is 1. The summed E-state index contributed by atoms with van der Waals surface area (Å²) in [5.74, 6) is 4.22. The molecule has 108 valence electrons. The lowest BCUT2D eigenvalue weighted by Crippen LogP contribution is -2.52. The molecule has 0 unspecified atom stereocenters. The SMILES string of the molecule is CN1CC(=O)N(CCn2cc(C(=O)NN)nn2)CC1=O. The molecule has 20 heavy (non-hydrogen) atoms. The Morgan fingerprint density at radius 3 is 2.80 bits per heavy atom. The Kier molecular flexibility index (Phi) is 3.94. The van der Waals surface area contributed by atoms with Gasteiger partial charge >= 0.3 is 0 Å². The van der Waals surface area contributed by atoms with Gasteiger partial charge in [-0.3, -0.25) is 19.8 Å². The molecule has 2 heterocycles. The zero-order chi connectivity index (χ0) is 14.7. The maximum Gasteiger partial charge on any atom is 0.287 e. The van der Waals surface area contributed by atoms with E-state index < -0.39 is 5.91 Å². The molecule has 1 aliphatic heterocycles. The van der Waals surface area contributed by atoms with E-state index in [-0.39, 0.29) is 30.6 Å². The Bertz CT molecular complexity index is 541. The minimum Gasteiger partial charge on any atom is -0.335 e. The minimum absolute atomic E-state index is 0.0557. The average Bonchev–Trinajstić information content (AvgIpc) is 2.89. The summed E-state index contributed by atoms with van der Waals surface area (Å²) in [6.07, 6.45) is 1.42. The number of piperazine rings is 1. The summed E-state index contributed by atoms with van der Waals surface area (Å²) in [5, 5.41) is 7.38. The monoisotopic (exact) mass is 281 g/mol. The Morgan fingerprint density at radius 1 is 1.35 bits per heavy atom. The van der Waals surface area contributed by atoms with Gasteiger partial charge in [0.15, 0.2) is 5.69 Å². The first-order chi connectivity index (χ1) is 9.51. The number of likely N-dealkylation sites (N-methyl/N-ethyl adjacent to an activating group) is 1. The maximum absolute atomic E-state index is 11.7. The summed E-state index contributed by atoms with van der Waals surface area (Å²) in [6.45, 7) is 0.802. The van der Waals surface area contributed by atoms with E-state index in [1.54, 1.807) is 7.05 Å². The molecule has 3 amide bonds. The fourth-order valence-electron chi connectivity index (χ4n) is 1.78. The second-order valence-corrected chi connectivity index (χ2v) is 4.41. The van der Waals surface area contributed by atoms with Gasteiger partial charge in [-0.05, 0) is 0 Å². The van der Waals surface area contributed by atoms with E-state index >= 15 is 0 Å². The van der Waals surface area contributed by atoms with Gasteiger partial charge in [-0.2, -0.15) is 0 Å². The van der Waals surface area contributed by atoms with Crippen molar-refractivity contribution in [3.63, 3.8) is 0 Å². The van der Waals surface area contributed by atoms with Gasteiger partial charge in [0.1, 0.15) is 0 Å². The number of nitrogens with zero attached hydrogens (tertiary/aromatic N) is 5. The molecule has 0 aliphatic carbocycles. The van der Waals surface area contributed by atoms with E-state index in [9.17, 15) is 14.4 Å². The van der Waals surface area contributed by atoms with Crippen LogP contribution in [0.25, 0.3) is 0 Å². The van der Waals surface area contributed by atoms with Crippen molar-refractivity contribution >= 4 is 17.7 Å². The molecule has 1 aromatic heterocycles. The Balaban J connectivity index is 1.92. The third-order valence-corrected chi connectivity index (χ3v) is 2.98. The van der Waals surface area contributed by atoms with Crippen LogP contribution >= 0.6 is 0 Å². The quantitative estimate of drug-likeness (QED) is 0.348. The van der Waals surface area contributed by atoms with Gasteiger partial charge < -0.3 is 9.80 Å². The third-order valence-electron chi connectivity index (χ3n) is 2.98. The van der Waals surface area contributed by atoms with Gasteiger partial charge in [-0.25, -0.2) is 10.5 Å². The Labute approximate surface area is 114 Å². The lowest BCUT2D eigenvalue weighted by atomic mass is 10.3. The van der Waals surface area contributed by atoms with Gasteiger partial charge in [0.2, 0.25) is 11.8 Å². The number of hydrazine groups is 1. The third kappa shape index (κ3) is 2.91. The molecule has 0 bridgehead atoms. The number of nitrogens with two attached hydrogens (primary N) is 1. The topological polar surface area (TPSA) is 126 Å². The van der Waals surface area contributed by atoms with E-state index in [2.05, 4.69) is 10.3 Å². The summed E-state index contributed by atoms with van der Waals surface area (Å²) in [4.78, 5) is 37.3. The van der Waals surface area contributed by atoms with Crippen LogP contribution in [0.2, 0.25) is 0 Å². The number of carbonyl (C=O) groups excluding carboxylic acids is 3. The molecule has 2 rings (SSSR count). The predicted molar refractivity (Wildman–Crippen MR) is 65.9 cm³/mol. The predicted octanol–water partition coefficient (Wildman–Crippen LogP) is -2.82. The number of hydrogen-bond acceptors (Lipinski definition) is 6. The highest BCUT2D eigenvalue weighted by Gasteiger charge is 2.27. The molecule has 0 aromatic carbocycles. The average molecular weight is 281 g/mol. The highest BCUT2D eigenvalue weighted by atomic mass is 16.2. The summed E-state index contributed by atoms with van der Waals surface area (Å²) < 4.78 is 1.42.